The number of hydrogen-bond acceptors (Lipinski definition) is 3. The van der Waals surface area contributed by atoms with Gasteiger partial charge >= 0.3 is 0 Å². The predicted octanol–water partition coefficient (Wildman–Crippen LogP) is 2.09. The second kappa shape index (κ2) is 5.16. The number of nitrogens with one attached hydrogen (secondary N) is 1. The van der Waals surface area contributed by atoms with Gasteiger partial charge in [-0.1, -0.05) is 6.07 Å². The van der Waals surface area contributed by atoms with Crippen LogP contribution in [0.25, 0.3) is 0 Å². The minimum absolute atomic E-state index is 0.161. The summed E-state index contributed by atoms with van der Waals surface area (Å²) in [6.45, 7) is 5.54. The molecule has 0 unspecified atom stereocenters. The Morgan fingerprint density at radius 2 is 2.12 bits per heavy atom. The lowest BCUT2D eigenvalue weighted by atomic mass is 10.2. The van der Waals surface area contributed by atoms with Crippen molar-refractivity contribution in [3.05, 3.63) is 24.0 Å². The summed E-state index contributed by atoms with van der Waals surface area (Å²) >= 11 is 0. The molecule has 3 nitrogen and oxygen atoms in total. The van der Waals surface area contributed by atoms with Crippen LogP contribution < -0.4 is 10.2 Å². The van der Waals surface area contributed by atoms with Gasteiger partial charge in [0.25, 0.3) is 0 Å². The standard InChI is InChI=1S/C12H17FN2O/c1-2-14-10-4-3-5-11(12(10)13)15-6-8-16-9-7-15/h3-5,14H,2,6-9H2,1H3. The summed E-state index contributed by atoms with van der Waals surface area (Å²) in [7, 11) is 0. The largest absolute Gasteiger partial charge is 0.383 e. The first kappa shape index (κ1) is 11.2. The molecular weight excluding hydrogens is 207 g/mol. The number of anilines is 2. The molecule has 16 heavy (non-hydrogen) atoms. The van der Waals surface area contributed by atoms with E-state index in [2.05, 4.69) is 5.32 Å². The van der Waals surface area contributed by atoms with Gasteiger partial charge in [-0.2, -0.15) is 0 Å². The fourth-order valence-electron chi connectivity index (χ4n) is 1.90. The van der Waals surface area contributed by atoms with Crippen LogP contribution >= 0.6 is 0 Å². The van der Waals surface area contributed by atoms with E-state index < -0.39 is 0 Å². The quantitative estimate of drug-likeness (QED) is 0.851. The molecule has 1 N–H and O–H groups in total. The van der Waals surface area contributed by atoms with Crippen molar-refractivity contribution in [3.8, 4) is 0 Å². The highest BCUT2D eigenvalue weighted by molar-refractivity contribution is 5.60. The topological polar surface area (TPSA) is 24.5 Å². The number of morpholine rings is 1. The molecule has 1 saturated heterocycles. The van der Waals surface area contributed by atoms with Gasteiger partial charge in [-0.05, 0) is 19.1 Å². The molecule has 1 aliphatic rings. The SMILES string of the molecule is CCNc1cccc(N2CCOCC2)c1F. The van der Waals surface area contributed by atoms with Crippen LogP contribution in [0.2, 0.25) is 0 Å². The van der Waals surface area contributed by atoms with Crippen molar-refractivity contribution < 1.29 is 9.13 Å². The number of ether oxygens (including phenoxy) is 1. The van der Waals surface area contributed by atoms with Gasteiger partial charge in [0.15, 0.2) is 5.82 Å². The normalized spacial score (nSPS) is 16.2. The van der Waals surface area contributed by atoms with Crippen LogP contribution in [-0.4, -0.2) is 32.8 Å². The van der Waals surface area contributed by atoms with Crippen molar-refractivity contribution >= 4 is 11.4 Å². The van der Waals surface area contributed by atoms with Crippen LogP contribution in [0.4, 0.5) is 15.8 Å². The van der Waals surface area contributed by atoms with Crippen molar-refractivity contribution in [1.82, 2.24) is 0 Å². The molecule has 1 fully saturated rings. The highest BCUT2D eigenvalue weighted by Gasteiger charge is 2.16. The Kier molecular flexibility index (Phi) is 3.62. The smallest absolute Gasteiger partial charge is 0.169 e. The molecule has 88 valence electrons. The van der Waals surface area contributed by atoms with Gasteiger partial charge in [-0.15, -0.1) is 0 Å². The predicted molar refractivity (Wildman–Crippen MR) is 63.6 cm³/mol. The lowest BCUT2D eigenvalue weighted by molar-refractivity contribution is 0.122. The molecule has 0 spiro atoms. The number of hydrogen-bond donors (Lipinski definition) is 1. The molecule has 0 amide bonds. The van der Waals surface area contributed by atoms with Crippen LogP contribution in [0, 0.1) is 5.82 Å². The zero-order valence-corrected chi connectivity index (χ0v) is 9.50. The third kappa shape index (κ3) is 2.27. The highest BCUT2D eigenvalue weighted by Crippen LogP contribution is 2.26. The Bertz CT molecular complexity index is 351. The maximum absolute atomic E-state index is 14.1. The van der Waals surface area contributed by atoms with E-state index in [0.717, 1.165) is 19.6 Å². The highest BCUT2D eigenvalue weighted by atomic mass is 19.1. The zero-order chi connectivity index (χ0) is 11.4. The van der Waals surface area contributed by atoms with Crippen LogP contribution in [0.5, 0.6) is 0 Å². The van der Waals surface area contributed by atoms with Gasteiger partial charge in [0.05, 0.1) is 24.6 Å². The summed E-state index contributed by atoms with van der Waals surface area (Å²) in [4.78, 5) is 2.03. The van der Waals surface area contributed by atoms with Crippen LogP contribution in [0.15, 0.2) is 18.2 Å². The number of rotatable bonds is 3. The third-order valence-electron chi connectivity index (χ3n) is 2.70. The molecule has 1 aromatic rings. The molecule has 0 atom stereocenters. The summed E-state index contributed by atoms with van der Waals surface area (Å²) in [6.07, 6.45) is 0. The van der Waals surface area contributed by atoms with Crippen LogP contribution in [0.1, 0.15) is 6.92 Å². The fraction of sp³-hybridized carbons (Fsp3) is 0.500. The summed E-state index contributed by atoms with van der Waals surface area (Å²) in [5.74, 6) is -0.161. The van der Waals surface area contributed by atoms with Crippen molar-refractivity contribution in [3.63, 3.8) is 0 Å². The summed E-state index contributed by atoms with van der Waals surface area (Å²) in [5.41, 5.74) is 1.24. The zero-order valence-electron chi connectivity index (χ0n) is 9.50. The molecular formula is C12H17FN2O. The van der Waals surface area contributed by atoms with Gasteiger partial charge in [-0.3, -0.25) is 0 Å². The first-order chi connectivity index (χ1) is 7.83. The van der Waals surface area contributed by atoms with E-state index in [4.69, 9.17) is 4.74 Å². The number of halogens is 1. The van der Waals surface area contributed by atoms with Gasteiger partial charge in [0.2, 0.25) is 0 Å². The Balaban J connectivity index is 2.22. The Morgan fingerprint density at radius 3 is 2.81 bits per heavy atom. The Hall–Kier alpha value is -1.29. The first-order valence-electron chi connectivity index (χ1n) is 5.68. The minimum Gasteiger partial charge on any atom is -0.383 e. The van der Waals surface area contributed by atoms with Gasteiger partial charge in [0.1, 0.15) is 0 Å². The van der Waals surface area contributed by atoms with Gasteiger partial charge < -0.3 is 15.0 Å². The maximum atomic E-state index is 14.1. The molecule has 2 rings (SSSR count). The van der Waals surface area contributed by atoms with Crippen LogP contribution in [0.3, 0.4) is 0 Å². The minimum atomic E-state index is -0.161. The van der Waals surface area contributed by atoms with E-state index in [-0.39, 0.29) is 5.82 Å². The molecule has 0 aliphatic carbocycles. The second-order valence-corrected chi connectivity index (χ2v) is 3.77. The molecule has 0 bridgehead atoms. The van der Waals surface area contributed by atoms with Gasteiger partial charge in [-0.25, -0.2) is 4.39 Å². The Morgan fingerprint density at radius 1 is 1.38 bits per heavy atom. The van der Waals surface area contributed by atoms with Crippen molar-refractivity contribution in [1.29, 1.82) is 0 Å². The summed E-state index contributed by atoms with van der Waals surface area (Å²) in [5, 5.41) is 3.02. The van der Waals surface area contributed by atoms with Crippen molar-refractivity contribution in [2.45, 2.75) is 6.92 Å². The summed E-state index contributed by atoms with van der Waals surface area (Å²) in [6, 6.07) is 5.47. The van der Waals surface area contributed by atoms with Crippen molar-refractivity contribution in [2.24, 2.45) is 0 Å². The molecule has 0 radical (unpaired) electrons. The molecule has 4 heteroatoms. The lowest BCUT2D eigenvalue weighted by Gasteiger charge is -2.29. The molecule has 1 heterocycles. The fourth-order valence-corrected chi connectivity index (χ4v) is 1.90. The molecule has 1 aliphatic heterocycles. The number of benzene rings is 1. The van der Waals surface area contributed by atoms with E-state index in [9.17, 15) is 4.39 Å². The first-order valence-corrected chi connectivity index (χ1v) is 5.68. The monoisotopic (exact) mass is 224 g/mol. The maximum Gasteiger partial charge on any atom is 0.169 e. The van der Waals surface area contributed by atoms with E-state index in [1.807, 2.05) is 24.0 Å². The second-order valence-electron chi connectivity index (χ2n) is 3.77. The lowest BCUT2D eigenvalue weighted by Crippen LogP contribution is -2.36. The van der Waals surface area contributed by atoms with Crippen molar-refractivity contribution in [2.75, 3.05) is 43.1 Å². The van der Waals surface area contributed by atoms with E-state index >= 15 is 0 Å². The Labute approximate surface area is 95.2 Å². The van der Waals surface area contributed by atoms with E-state index in [1.165, 1.54) is 0 Å². The average Bonchev–Trinajstić information content (AvgIpc) is 2.33. The van der Waals surface area contributed by atoms with E-state index in [0.29, 0.717) is 24.6 Å². The number of nitrogens with zero attached hydrogens (tertiary/aromatic N) is 1. The third-order valence-corrected chi connectivity index (χ3v) is 2.70. The van der Waals surface area contributed by atoms with Gasteiger partial charge in [0, 0.05) is 19.6 Å². The van der Waals surface area contributed by atoms with Crippen LogP contribution in [-0.2, 0) is 4.74 Å². The molecule has 0 aromatic heterocycles. The molecule has 1 aromatic carbocycles. The summed E-state index contributed by atoms with van der Waals surface area (Å²) < 4.78 is 19.4. The molecule has 0 saturated carbocycles. The average molecular weight is 224 g/mol. The van der Waals surface area contributed by atoms with E-state index in [1.54, 1.807) is 6.07 Å².